The number of hydrogen-bond acceptors (Lipinski definition) is 3. The van der Waals surface area contributed by atoms with Crippen LogP contribution in [0.3, 0.4) is 0 Å². The SMILES string of the molecule is CN=C(NCc1cccs1)NC1CCN(c2ccccc2Br)C1.I. The molecule has 24 heavy (non-hydrogen) atoms. The maximum Gasteiger partial charge on any atom is 0.191 e. The summed E-state index contributed by atoms with van der Waals surface area (Å²) in [7, 11) is 1.82. The maximum absolute atomic E-state index is 4.34. The zero-order valence-electron chi connectivity index (χ0n) is 13.5. The van der Waals surface area contributed by atoms with Crippen molar-refractivity contribution in [1.29, 1.82) is 0 Å². The fraction of sp³-hybridized carbons (Fsp3) is 0.353. The molecule has 7 heteroatoms. The molecular formula is C17H22BrIN4S. The number of benzene rings is 1. The predicted octanol–water partition coefficient (Wildman–Crippen LogP) is 4.07. The van der Waals surface area contributed by atoms with Crippen molar-refractivity contribution in [2.75, 3.05) is 25.0 Å². The van der Waals surface area contributed by atoms with E-state index in [2.05, 4.69) is 78.2 Å². The van der Waals surface area contributed by atoms with Gasteiger partial charge in [-0.15, -0.1) is 35.3 Å². The molecule has 1 aliphatic rings. The molecule has 1 aromatic heterocycles. The lowest BCUT2D eigenvalue weighted by atomic mass is 10.3. The summed E-state index contributed by atoms with van der Waals surface area (Å²) in [4.78, 5) is 8.06. The minimum Gasteiger partial charge on any atom is -0.368 e. The van der Waals surface area contributed by atoms with Gasteiger partial charge < -0.3 is 15.5 Å². The average molecular weight is 521 g/mol. The predicted molar refractivity (Wildman–Crippen MR) is 118 cm³/mol. The van der Waals surface area contributed by atoms with Crippen LogP contribution in [0.5, 0.6) is 0 Å². The third-order valence-electron chi connectivity index (χ3n) is 3.96. The van der Waals surface area contributed by atoms with E-state index in [0.29, 0.717) is 6.04 Å². The first-order valence-corrected chi connectivity index (χ1v) is 9.42. The normalized spacial score (nSPS) is 17.5. The summed E-state index contributed by atoms with van der Waals surface area (Å²) in [6, 6.07) is 13.0. The number of rotatable bonds is 4. The van der Waals surface area contributed by atoms with E-state index in [1.54, 1.807) is 11.3 Å². The highest BCUT2D eigenvalue weighted by Crippen LogP contribution is 2.28. The number of anilines is 1. The highest BCUT2D eigenvalue weighted by molar-refractivity contribution is 14.0. The van der Waals surface area contributed by atoms with Crippen molar-refractivity contribution in [2.45, 2.75) is 19.0 Å². The van der Waals surface area contributed by atoms with Gasteiger partial charge in [-0.1, -0.05) is 18.2 Å². The minimum atomic E-state index is 0. The van der Waals surface area contributed by atoms with Crippen LogP contribution in [-0.4, -0.2) is 32.1 Å². The minimum absolute atomic E-state index is 0. The average Bonchev–Trinajstić information content (AvgIpc) is 3.23. The zero-order valence-corrected chi connectivity index (χ0v) is 18.3. The molecular weight excluding hydrogens is 499 g/mol. The molecule has 0 radical (unpaired) electrons. The Morgan fingerprint density at radius 3 is 2.88 bits per heavy atom. The van der Waals surface area contributed by atoms with E-state index in [1.165, 1.54) is 10.6 Å². The van der Waals surface area contributed by atoms with Crippen molar-refractivity contribution in [3.63, 3.8) is 0 Å². The van der Waals surface area contributed by atoms with Gasteiger partial charge in [-0.2, -0.15) is 0 Å². The molecule has 1 aliphatic heterocycles. The number of guanidine groups is 1. The van der Waals surface area contributed by atoms with Crippen LogP contribution in [0, 0.1) is 0 Å². The lowest BCUT2D eigenvalue weighted by Crippen LogP contribution is -2.44. The fourth-order valence-corrected chi connectivity index (χ4v) is 3.96. The number of nitrogens with zero attached hydrogens (tertiary/aromatic N) is 2. The molecule has 0 saturated carbocycles. The number of aliphatic imine (C=N–C) groups is 1. The number of thiophene rings is 1. The van der Waals surface area contributed by atoms with Crippen LogP contribution in [0.1, 0.15) is 11.3 Å². The number of para-hydroxylation sites is 1. The summed E-state index contributed by atoms with van der Waals surface area (Å²) in [5.74, 6) is 0.873. The maximum atomic E-state index is 4.34. The lowest BCUT2D eigenvalue weighted by molar-refractivity contribution is 0.649. The van der Waals surface area contributed by atoms with Crippen molar-refractivity contribution in [2.24, 2.45) is 4.99 Å². The second-order valence-corrected chi connectivity index (χ2v) is 7.42. The number of halogens is 2. The Hall–Kier alpha value is -0.800. The quantitative estimate of drug-likeness (QED) is 0.362. The molecule has 1 saturated heterocycles. The van der Waals surface area contributed by atoms with E-state index < -0.39 is 0 Å². The van der Waals surface area contributed by atoms with Gasteiger partial charge in [-0.3, -0.25) is 4.99 Å². The highest BCUT2D eigenvalue weighted by atomic mass is 127. The monoisotopic (exact) mass is 520 g/mol. The molecule has 4 nitrogen and oxygen atoms in total. The highest BCUT2D eigenvalue weighted by Gasteiger charge is 2.24. The van der Waals surface area contributed by atoms with Gasteiger partial charge in [0.05, 0.1) is 12.2 Å². The van der Waals surface area contributed by atoms with Crippen LogP contribution in [-0.2, 0) is 6.54 Å². The van der Waals surface area contributed by atoms with Crippen molar-refractivity contribution >= 4 is 62.9 Å². The Kier molecular flexibility index (Phi) is 7.83. The van der Waals surface area contributed by atoms with Crippen LogP contribution in [0.25, 0.3) is 0 Å². The summed E-state index contributed by atoms with van der Waals surface area (Å²) in [6.07, 6.45) is 1.11. The third kappa shape index (κ3) is 5.10. The summed E-state index contributed by atoms with van der Waals surface area (Å²) < 4.78 is 1.15. The summed E-state index contributed by atoms with van der Waals surface area (Å²) in [5.41, 5.74) is 1.26. The van der Waals surface area contributed by atoms with Crippen molar-refractivity contribution < 1.29 is 0 Å². The zero-order chi connectivity index (χ0) is 16.1. The molecule has 1 unspecified atom stereocenters. The van der Waals surface area contributed by atoms with Crippen LogP contribution in [0.2, 0.25) is 0 Å². The van der Waals surface area contributed by atoms with Crippen molar-refractivity contribution in [3.8, 4) is 0 Å². The Bertz CT molecular complexity index is 662. The molecule has 3 rings (SSSR count). The van der Waals surface area contributed by atoms with E-state index in [9.17, 15) is 0 Å². The van der Waals surface area contributed by atoms with Gasteiger partial charge in [0.1, 0.15) is 0 Å². The Balaban J connectivity index is 0.00000208. The van der Waals surface area contributed by atoms with E-state index in [0.717, 1.165) is 36.5 Å². The first-order chi connectivity index (χ1) is 11.3. The summed E-state index contributed by atoms with van der Waals surface area (Å²) in [5, 5.41) is 9.02. The van der Waals surface area contributed by atoms with E-state index in [4.69, 9.17) is 0 Å². The lowest BCUT2D eigenvalue weighted by Gasteiger charge is -2.21. The van der Waals surface area contributed by atoms with Gasteiger partial charge >= 0.3 is 0 Å². The van der Waals surface area contributed by atoms with E-state index >= 15 is 0 Å². The van der Waals surface area contributed by atoms with Gasteiger partial charge in [0, 0.05) is 35.5 Å². The first kappa shape index (κ1) is 19.5. The fourth-order valence-electron chi connectivity index (χ4n) is 2.78. The molecule has 0 aliphatic carbocycles. The standard InChI is InChI=1S/C17H21BrN4S.HI/c1-19-17(20-11-14-5-4-10-23-14)21-13-8-9-22(12-13)16-7-3-2-6-15(16)18;/h2-7,10,13H,8-9,11-12H2,1H3,(H2,19,20,21);1H. The summed E-state index contributed by atoms with van der Waals surface area (Å²) >= 11 is 5.40. The second-order valence-electron chi connectivity index (χ2n) is 5.53. The number of nitrogens with one attached hydrogen (secondary N) is 2. The molecule has 0 spiro atoms. The number of hydrogen-bond donors (Lipinski definition) is 2. The molecule has 1 fully saturated rings. The molecule has 0 amide bonds. The Labute approximate surface area is 172 Å². The van der Waals surface area contributed by atoms with E-state index in [1.807, 2.05) is 7.05 Å². The van der Waals surface area contributed by atoms with Gasteiger partial charge in [-0.05, 0) is 45.9 Å². The van der Waals surface area contributed by atoms with Crippen LogP contribution < -0.4 is 15.5 Å². The van der Waals surface area contributed by atoms with Crippen molar-refractivity contribution in [3.05, 3.63) is 51.1 Å². The molecule has 0 bridgehead atoms. The van der Waals surface area contributed by atoms with Gasteiger partial charge in [0.2, 0.25) is 0 Å². The molecule has 1 atom stereocenters. The summed E-state index contributed by atoms with van der Waals surface area (Å²) in [6.45, 7) is 2.86. The van der Waals surface area contributed by atoms with E-state index in [-0.39, 0.29) is 24.0 Å². The molecule has 1 aromatic carbocycles. The smallest absolute Gasteiger partial charge is 0.191 e. The third-order valence-corrected chi connectivity index (χ3v) is 5.50. The van der Waals surface area contributed by atoms with Gasteiger partial charge in [0.25, 0.3) is 0 Å². The topological polar surface area (TPSA) is 39.7 Å². The molecule has 2 heterocycles. The first-order valence-electron chi connectivity index (χ1n) is 7.75. The van der Waals surface area contributed by atoms with Crippen LogP contribution in [0.15, 0.2) is 51.2 Å². The van der Waals surface area contributed by atoms with Gasteiger partial charge in [0.15, 0.2) is 5.96 Å². The Morgan fingerprint density at radius 1 is 1.33 bits per heavy atom. The Morgan fingerprint density at radius 2 is 2.17 bits per heavy atom. The second kappa shape index (κ2) is 9.62. The molecule has 2 N–H and O–H groups in total. The van der Waals surface area contributed by atoms with Crippen LogP contribution >= 0.6 is 51.2 Å². The van der Waals surface area contributed by atoms with Crippen LogP contribution in [0.4, 0.5) is 5.69 Å². The van der Waals surface area contributed by atoms with Gasteiger partial charge in [-0.25, -0.2) is 0 Å². The largest absolute Gasteiger partial charge is 0.368 e. The molecule has 2 aromatic rings. The molecule has 130 valence electrons. The van der Waals surface area contributed by atoms with Crippen molar-refractivity contribution in [1.82, 2.24) is 10.6 Å².